The summed E-state index contributed by atoms with van der Waals surface area (Å²) in [6.07, 6.45) is 0.354. The van der Waals surface area contributed by atoms with Crippen LogP contribution in [0, 0.1) is 17.1 Å². The number of hydrogen-bond acceptors (Lipinski definition) is 3. The Labute approximate surface area is 108 Å². The first-order valence-electron chi connectivity index (χ1n) is 5.75. The fourth-order valence-electron chi connectivity index (χ4n) is 1.76. The van der Waals surface area contributed by atoms with Gasteiger partial charge < -0.3 is 5.11 Å². The Bertz CT molecular complexity index is 576. The molecule has 0 spiro atoms. The molecule has 1 amide bonds. The Morgan fingerprint density at radius 1 is 1.47 bits per heavy atom. The standard InChI is InChI=1S/C13H11FN2O3/c14-11-5-8(1-2-9(11)6-15)12(17)7-16(13(18)19)10-3-4-10/h1-2,5,10H,3-4,7H2,(H,18,19). The van der Waals surface area contributed by atoms with Crippen molar-refractivity contribution in [1.82, 2.24) is 4.90 Å². The van der Waals surface area contributed by atoms with E-state index in [2.05, 4.69) is 0 Å². The average Bonchev–Trinajstić information content (AvgIpc) is 3.19. The third-order valence-electron chi connectivity index (χ3n) is 2.96. The highest BCUT2D eigenvalue weighted by Crippen LogP contribution is 2.27. The van der Waals surface area contributed by atoms with Crippen molar-refractivity contribution >= 4 is 11.9 Å². The van der Waals surface area contributed by atoms with E-state index in [1.165, 1.54) is 12.1 Å². The van der Waals surface area contributed by atoms with Gasteiger partial charge in [0, 0.05) is 11.6 Å². The second kappa shape index (κ2) is 5.06. The largest absolute Gasteiger partial charge is 0.465 e. The maximum atomic E-state index is 13.4. The molecule has 0 saturated heterocycles. The van der Waals surface area contributed by atoms with Crippen LogP contribution >= 0.6 is 0 Å². The monoisotopic (exact) mass is 262 g/mol. The lowest BCUT2D eigenvalue weighted by Crippen LogP contribution is -2.36. The van der Waals surface area contributed by atoms with E-state index in [-0.39, 0.29) is 23.7 Å². The molecule has 1 saturated carbocycles. The summed E-state index contributed by atoms with van der Waals surface area (Å²) in [5.41, 5.74) is -0.0720. The van der Waals surface area contributed by atoms with Gasteiger partial charge in [-0.05, 0) is 31.0 Å². The van der Waals surface area contributed by atoms with E-state index < -0.39 is 17.7 Å². The second-order valence-corrected chi connectivity index (χ2v) is 4.37. The average molecular weight is 262 g/mol. The molecule has 0 aliphatic heterocycles. The Hall–Kier alpha value is -2.42. The minimum absolute atomic E-state index is 0.0726. The van der Waals surface area contributed by atoms with Gasteiger partial charge in [-0.3, -0.25) is 9.69 Å². The van der Waals surface area contributed by atoms with Gasteiger partial charge in [0.15, 0.2) is 5.78 Å². The SMILES string of the molecule is N#Cc1ccc(C(=O)CN(C(=O)O)C2CC2)cc1F. The molecule has 0 radical (unpaired) electrons. The van der Waals surface area contributed by atoms with Gasteiger partial charge in [0.25, 0.3) is 0 Å². The van der Waals surface area contributed by atoms with Crippen LogP contribution < -0.4 is 0 Å². The van der Waals surface area contributed by atoms with Crippen LogP contribution in [0.5, 0.6) is 0 Å². The number of hydrogen-bond donors (Lipinski definition) is 1. The molecule has 0 atom stereocenters. The van der Waals surface area contributed by atoms with Crippen molar-refractivity contribution in [2.75, 3.05) is 6.54 Å². The summed E-state index contributed by atoms with van der Waals surface area (Å²) in [6, 6.07) is 5.06. The highest BCUT2D eigenvalue weighted by atomic mass is 19.1. The highest BCUT2D eigenvalue weighted by molar-refractivity contribution is 5.99. The van der Waals surface area contributed by atoms with Crippen LogP contribution in [0.2, 0.25) is 0 Å². The maximum absolute atomic E-state index is 13.4. The van der Waals surface area contributed by atoms with E-state index in [1.54, 1.807) is 6.07 Å². The van der Waals surface area contributed by atoms with Crippen molar-refractivity contribution in [3.63, 3.8) is 0 Å². The normalized spacial score (nSPS) is 13.7. The minimum atomic E-state index is -1.15. The second-order valence-electron chi connectivity index (χ2n) is 4.37. The summed E-state index contributed by atoms with van der Waals surface area (Å²) >= 11 is 0. The van der Waals surface area contributed by atoms with E-state index >= 15 is 0 Å². The zero-order chi connectivity index (χ0) is 14.0. The van der Waals surface area contributed by atoms with Crippen molar-refractivity contribution in [3.05, 3.63) is 35.1 Å². The molecule has 5 nitrogen and oxygen atoms in total. The van der Waals surface area contributed by atoms with Crippen LogP contribution in [0.4, 0.5) is 9.18 Å². The van der Waals surface area contributed by atoms with Crippen molar-refractivity contribution in [2.45, 2.75) is 18.9 Å². The fraction of sp³-hybridized carbons (Fsp3) is 0.308. The maximum Gasteiger partial charge on any atom is 0.407 e. The molecule has 0 unspecified atom stereocenters. The molecule has 98 valence electrons. The van der Waals surface area contributed by atoms with Crippen LogP contribution in [0.3, 0.4) is 0 Å². The van der Waals surface area contributed by atoms with Crippen LogP contribution in [0.1, 0.15) is 28.8 Å². The summed E-state index contributed by atoms with van der Waals surface area (Å²) in [5, 5.41) is 17.6. The molecular formula is C13H11FN2O3. The van der Waals surface area contributed by atoms with Crippen molar-refractivity contribution in [3.8, 4) is 6.07 Å². The quantitative estimate of drug-likeness (QED) is 0.841. The summed E-state index contributed by atoms with van der Waals surface area (Å²) in [5.74, 6) is -1.25. The molecule has 1 aromatic rings. The lowest BCUT2D eigenvalue weighted by atomic mass is 10.1. The molecule has 1 aliphatic carbocycles. The van der Waals surface area contributed by atoms with Crippen LogP contribution in [0.15, 0.2) is 18.2 Å². The number of carbonyl (C=O) groups is 2. The van der Waals surface area contributed by atoms with Crippen LogP contribution in [-0.2, 0) is 0 Å². The van der Waals surface area contributed by atoms with E-state index in [0.29, 0.717) is 0 Å². The van der Waals surface area contributed by atoms with Gasteiger partial charge in [-0.2, -0.15) is 5.26 Å². The molecule has 6 heteroatoms. The molecule has 1 fully saturated rings. The van der Waals surface area contributed by atoms with Gasteiger partial charge in [-0.25, -0.2) is 9.18 Å². The molecule has 0 heterocycles. The van der Waals surface area contributed by atoms with Gasteiger partial charge >= 0.3 is 6.09 Å². The van der Waals surface area contributed by atoms with Gasteiger partial charge in [-0.1, -0.05) is 0 Å². The van der Waals surface area contributed by atoms with Gasteiger partial charge in [-0.15, -0.1) is 0 Å². The topological polar surface area (TPSA) is 81.4 Å². The summed E-state index contributed by atoms with van der Waals surface area (Å²) in [4.78, 5) is 23.9. The van der Waals surface area contributed by atoms with Crippen LogP contribution in [-0.4, -0.2) is 34.5 Å². The minimum Gasteiger partial charge on any atom is -0.465 e. The number of carbonyl (C=O) groups excluding carboxylic acids is 1. The van der Waals surface area contributed by atoms with E-state index in [1.807, 2.05) is 0 Å². The number of carboxylic acid groups (broad SMARTS) is 1. The number of nitriles is 1. The van der Waals surface area contributed by atoms with Gasteiger partial charge in [0.1, 0.15) is 11.9 Å². The first-order valence-corrected chi connectivity index (χ1v) is 5.75. The molecular weight excluding hydrogens is 251 g/mol. The molecule has 2 rings (SSSR count). The fourth-order valence-corrected chi connectivity index (χ4v) is 1.76. The third kappa shape index (κ3) is 2.88. The van der Waals surface area contributed by atoms with Gasteiger partial charge in [0.2, 0.25) is 0 Å². The summed E-state index contributed by atoms with van der Waals surface area (Å²) in [7, 11) is 0. The molecule has 0 bridgehead atoms. The smallest absolute Gasteiger partial charge is 0.407 e. The number of rotatable bonds is 4. The third-order valence-corrected chi connectivity index (χ3v) is 2.96. The van der Waals surface area contributed by atoms with Crippen molar-refractivity contribution in [1.29, 1.82) is 5.26 Å². The predicted octanol–water partition coefficient (Wildman–Crippen LogP) is 2.02. The summed E-state index contributed by atoms with van der Waals surface area (Å²) < 4.78 is 13.4. The lowest BCUT2D eigenvalue weighted by molar-refractivity contribution is 0.0900. The predicted molar refractivity (Wildman–Crippen MR) is 63.2 cm³/mol. The number of amides is 1. The summed E-state index contributed by atoms with van der Waals surface area (Å²) in [6.45, 7) is -0.286. The Morgan fingerprint density at radius 3 is 2.63 bits per heavy atom. The molecule has 1 aliphatic rings. The van der Waals surface area contributed by atoms with Gasteiger partial charge in [0.05, 0.1) is 12.1 Å². The number of nitrogens with zero attached hydrogens (tertiary/aromatic N) is 2. The zero-order valence-electron chi connectivity index (χ0n) is 9.97. The highest BCUT2D eigenvalue weighted by Gasteiger charge is 2.33. The molecule has 19 heavy (non-hydrogen) atoms. The Kier molecular flexibility index (Phi) is 3.47. The zero-order valence-corrected chi connectivity index (χ0v) is 9.97. The molecule has 0 aromatic heterocycles. The number of Topliss-reactive ketones (excluding diaryl/α,β-unsaturated/α-hetero) is 1. The number of benzene rings is 1. The number of ketones is 1. The Morgan fingerprint density at radius 2 is 2.16 bits per heavy atom. The molecule has 1 aromatic carbocycles. The first-order chi connectivity index (χ1) is 9.02. The lowest BCUT2D eigenvalue weighted by Gasteiger charge is -2.17. The van der Waals surface area contributed by atoms with E-state index in [0.717, 1.165) is 23.8 Å². The Balaban J connectivity index is 2.13. The van der Waals surface area contributed by atoms with Crippen molar-refractivity contribution in [2.24, 2.45) is 0 Å². The molecule has 1 N–H and O–H groups in total. The van der Waals surface area contributed by atoms with Crippen molar-refractivity contribution < 1.29 is 19.1 Å². The first kappa shape index (κ1) is 13.0. The number of halogens is 1. The van der Waals surface area contributed by atoms with Crippen LogP contribution in [0.25, 0.3) is 0 Å². The van der Waals surface area contributed by atoms with E-state index in [9.17, 15) is 14.0 Å². The van der Waals surface area contributed by atoms with E-state index in [4.69, 9.17) is 10.4 Å².